The van der Waals surface area contributed by atoms with E-state index in [2.05, 4.69) is 67.6 Å². The molecule has 150 valence electrons. The molecule has 4 aliphatic rings. The molecule has 4 bridgehead atoms. The standard InChI is InChI=1S/C29H28O/c1-18-2-8-25-26-9-5-23(14-28(26)30-27(25)10-18)22-3-6-24(7-4-22)29-15-19-11-20(16-29)13-21(12-19)17-29/h2-10,14,19-21H,11-13,15-17H2,1H3. The molecular weight excluding hydrogens is 364 g/mol. The molecule has 1 nitrogen and oxygen atoms in total. The maximum atomic E-state index is 6.18. The predicted octanol–water partition coefficient (Wildman–Crippen LogP) is 8.03. The minimum atomic E-state index is 0.480. The second-order valence-electron chi connectivity index (χ2n) is 10.6. The molecule has 30 heavy (non-hydrogen) atoms. The Hall–Kier alpha value is -2.54. The summed E-state index contributed by atoms with van der Waals surface area (Å²) in [5.41, 5.74) is 7.83. The molecule has 1 heterocycles. The highest BCUT2D eigenvalue weighted by Crippen LogP contribution is 2.60. The van der Waals surface area contributed by atoms with Crippen molar-refractivity contribution in [3.63, 3.8) is 0 Å². The van der Waals surface area contributed by atoms with Gasteiger partial charge in [-0.25, -0.2) is 0 Å². The van der Waals surface area contributed by atoms with Crippen molar-refractivity contribution in [2.45, 2.75) is 50.9 Å². The van der Waals surface area contributed by atoms with E-state index in [9.17, 15) is 0 Å². The summed E-state index contributed by atoms with van der Waals surface area (Å²) in [4.78, 5) is 0. The van der Waals surface area contributed by atoms with E-state index in [1.165, 1.54) is 66.0 Å². The topological polar surface area (TPSA) is 13.1 Å². The highest BCUT2D eigenvalue weighted by Gasteiger charge is 2.51. The molecule has 0 spiro atoms. The lowest BCUT2D eigenvalue weighted by molar-refractivity contribution is -0.00518. The fourth-order valence-electron chi connectivity index (χ4n) is 7.54. The van der Waals surface area contributed by atoms with E-state index in [1.807, 2.05) is 0 Å². The summed E-state index contributed by atoms with van der Waals surface area (Å²) in [5, 5.41) is 2.42. The van der Waals surface area contributed by atoms with Crippen molar-refractivity contribution >= 4 is 21.9 Å². The van der Waals surface area contributed by atoms with Crippen molar-refractivity contribution in [1.29, 1.82) is 0 Å². The third-order valence-electron chi connectivity index (χ3n) is 8.50. The molecular formula is C29H28O. The van der Waals surface area contributed by atoms with Gasteiger partial charge >= 0.3 is 0 Å². The van der Waals surface area contributed by atoms with Crippen LogP contribution >= 0.6 is 0 Å². The zero-order valence-electron chi connectivity index (χ0n) is 17.7. The summed E-state index contributed by atoms with van der Waals surface area (Å²) >= 11 is 0. The second-order valence-corrected chi connectivity index (χ2v) is 10.6. The van der Waals surface area contributed by atoms with E-state index in [4.69, 9.17) is 4.42 Å². The largest absolute Gasteiger partial charge is 0.456 e. The normalized spacial score (nSPS) is 29.8. The average molecular weight is 393 g/mol. The predicted molar refractivity (Wildman–Crippen MR) is 124 cm³/mol. The Kier molecular flexibility index (Phi) is 3.44. The van der Waals surface area contributed by atoms with Gasteiger partial charge in [0.2, 0.25) is 0 Å². The third kappa shape index (κ3) is 2.47. The zero-order chi connectivity index (χ0) is 19.9. The van der Waals surface area contributed by atoms with Crippen molar-refractivity contribution in [3.8, 4) is 11.1 Å². The average Bonchev–Trinajstić information content (AvgIpc) is 3.09. The fourth-order valence-corrected chi connectivity index (χ4v) is 7.54. The van der Waals surface area contributed by atoms with Crippen LogP contribution in [0.25, 0.3) is 33.1 Å². The van der Waals surface area contributed by atoms with Gasteiger partial charge in [-0.2, -0.15) is 0 Å². The number of benzene rings is 3. The second kappa shape index (κ2) is 6.00. The molecule has 0 amide bonds. The zero-order valence-corrected chi connectivity index (χ0v) is 17.7. The number of hydrogen-bond donors (Lipinski definition) is 0. The van der Waals surface area contributed by atoms with Crippen LogP contribution in [0.3, 0.4) is 0 Å². The van der Waals surface area contributed by atoms with Crippen LogP contribution in [0.4, 0.5) is 0 Å². The fraction of sp³-hybridized carbons (Fsp3) is 0.379. The lowest BCUT2D eigenvalue weighted by atomic mass is 9.48. The Bertz CT molecular complexity index is 1240. The number of aryl methyl sites for hydroxylation is 1. The van der Waals surface area contributed by atoms with E-state index in [0.29, 0.717) is 5.41 Å². The van der Waals surface area contributed by atoms with E-state index in [0.717, 1.165) is 28.9 Å². The lowest BCUT2D eigenvalue weighted by Crippen LogP contribution is -2.48. The molecule has 0 atom stereocenters. The van der Waals surface area contributed by atoms with Gasteiger partial charge < -0.3 is 4.42 Å². The van der Waals surface area contributed by atoms with Crippen molar-refractivity contribution in [3.05, 3.63) is 71.8 Å². The maximum Gasteiger partial charge on any atom is 0.136 e. The van der Waals surface area contributed by atoms with E-state index < -0.39 is 0 Å². The van der Waals surface area contributed by atoms with Crippen molar-refractivity contribution in [2.24, 2.45) is 17.8 Å². The van der Waals surface area contributed by atoms with Crippen LogP contribution in [0.5, 0.6) is 0 Å². The lowest BCUT2D eigenvalue weighted by Gasteiger charge is -2.57. The molecule has 1 heteroatoms. The van der Waals surface area contributed by atoms with E-state index in [1.54, 1.807) is 5.56 Å². The highest BCUT2D eigenvalue weighted by atomic mass is 16.3. The molecule has 0 radical (unpaired) electrons. The van der Waals surface area contributed by atoms with Gasteiger partial charge in [0.15, 0.2) is 0 Å². The first-order valence-corrected chi connectivity index (χ1v) is 11.7. The van der Waals surface area contributed by atoms with Crippen LogP contribution in [-0.4, -0.2) is 0 Å². The monoisotopic (exact) mass is 392 g/mol. The molecule has 0 aliphatic heterocycles. The van der Waals surface area contributed by atoms with Crippen LogP contribution in [0, 0.1) is 24.7 Å². The number of fused-ring (bicyclic) bond motifs is 3. The molecule has 4 aliphatic carbocycles. The van der Waals surface area contributed by atoms with Crippen LogP contribution in [0.15, 0.2) is 65.1 Å². The molecule has 1 aromatic heterocycles. The van der Waals surface area contributed by atoms with Crippen LogP contribution in [0.1, 0.15) is 49.7 Å². The quantitative estimate of drug-likeness (QED) is 0.336. The number of furan rings is 1. The van der Waals surface area contributed by atoms with Crippen LogP contribution in [-0.2, 0) is 5.41 Å². The molecule has 4 saturated carbocycles. The minimum absolute atomic E-state index is 0.480. The van der Waals surface area contributed by atoms with E-state index >= 15 is 0 Å². The van der Waals surface area contributed by atoms with Gasteiger partial charge in [-0.1, -0.05) is 42.5 Å². The molecule has 3 aromatic carbocycles. The van der Waals surface area contributed by atoms with Crippen molar-refractivity contribution in [2.75, 3.05) is 0 Å². The number of rotatable bonds is 2. The molecule has 8 rings (SSSR count). The van der Waals surface area contributed by atoms with Crippen LogP contribution < -0.4 is 0 Å². The first-order valence-electron chi connectivity index (χ1n) is 11.7. The summed E-state index contributed by atoms with van der Waals surface area (Å²) in [5.74, 6) is 2.99. The first-order chi connectivity index (χ1) is 14.6. The summed E-state index contributed by atoms with van der Waals surface area (Å²) in [7, 11) is 0. The first kappa shape index (κ1) is 17.2. The van der Waals surface area contributed by atoms with Gasteiger partial charge in [0.1, 0.15) is 11.2 Å². The van der Waals surface area contributed by atoms with Gasteiger partial charge in [-0.15, -0.1) is 0 Å². The summed E-state index contributed by atoms with van der Waals surface area (Å²) < 4.78 is 6.18. The Morgan fingerprint density at radius 3 is 1.90 bits per heavy atom. The Labute approximate surface area is 178 Å². The molecule has 4 fully saturated rings. The smallest absolute Gasteiger partial charge is 0.136 e. The Morgan fingerprint density at radius 2 is 1.23 bits per heavy atom. The highest BCUT2D eigenvalue weighted by molar-refractivity contribution is 6.06. The third-order valence-corrected chi connectivity index (χ3v) is 8.50. The Morgan fingerprint density at radius 1 is 0.667 bits per heavy atom. The summed E-state index contributed by atoms with van der Waals surface area (Å²) in [6.45, 7) is 2.11. The Balaban J connectivity index is 1.25. The van der Waals surface area contributed by atoms with E-state index in [-0.39, 0.29) is 0 Å². The number of hydrogen-bond acceptors (Lipinski definition) is 1. The van der Waals surface area contributed by atoms with Gasteiger partial charge in [-0.05, 0) is 109 Å². The summed E-state index contributed by atoms with van der Waals surface area (Å²) in [6, 6.07) is 22.7. The maximum absolute atomic E-state index is 6.18. The molecule has 0 saturated heterocycles. The van der Waals surface area contributed by atoms with Gasteiger partial charge in [-0.3, -0.25) is 0 Å². The summed E-state index contributed by atoms with van der Waals surface area (Å²) in [6.07, 6.45) is 8.82. The SMILES string of the molecule is Cc1ccc2c(c1)oc1cc(-c3ccc(C45CC6CC(CC(C6)C4)C5)cc3)ccc12. The van der Waals surface area contributed by atoms with Crippen molar-refractivity contribution < 1.29 is 4.42 Å². The van der Waals surface area contributed by atoms with Gasteiger partial charge in [0, 0.05) is 10.8 Å². The van der Waals surface area contributed by atoms with Gasteiger partial charge in [0.25, 0.3) is 0 Å². The van der Waals surface area contributed by atoms with Gasteiger partial charge in [0.05, 0.1) is 0 Å². The van der Waals surface area contributed by atoms with Crippen LogP contribution in [0.2, 0.25) is 0 Å². The van der Waals surface area contributed by atoms with Crippen molar-refractivity contribution in [1.82, 2.24) is 0 Å². The minimum Gasteiger partial charge on any atom is -0.456 e. The molecule has 4 aromatic rings. The molecule has 0 N–H and O–H groups in total. The molecule has 0 unspecified atom stereocenters.